The molecule has 2 fully saturated rings. The van der Waals surface area contributed by atoms with E-state index in [9.17, 15) is 0 Å². The Morgan fingerprint density at radius 1 is 1.13 bits per heavy atom. The molecule has 5 rings (SSSR count). The molecule has 154 valence electrons. The van der Waals surface area contributed by atoms with Gasteiger partial charge in [-0.05, 0) is 68.4 Å². The lowest BCUT2D eigenvalue weighted by Crippen LogP contribution is -2.31. The number of nitrogens with zero attached hydrogens (tertiary/aromatic N) is 3. The summed E-state index contributed by atoms with van der Waals surface area (Å²) in [5.74, 6) is 0. The number of hydrogen-bond acceptors (Lipinski definition) is 3. The molecule has 0 radical (unpaired) electrons. The Bertz CT molecular complexity index is 1010. The van der Waals surface area contributed by atoms with Crippen molar-refractivity contribution >= 4 is 23.0 Å². The van der Waals surface area contributed by atoms with Crippen molar-refractivity contribution in [2.75, 3.05) is 11.5 Å². The Morgan fingerprint density at radius 3 is 2.73 bits per heavy atom. The largest absolute Gasteiger partial charge is 0.376 e. The molecule has 2 saturated heterocycles. The van der Waals surface area contributed by atoms with E-state index in [4.69, 9.17) is 17.0 Å². The van der Waals surface area contributed by atoms with Crippen LogP contribution in [0, 0.1) is 6.92 Å². The van der Waals surface area contributed by atoms with Gasteiger partial charge < -0.3 is 19.5 Å². The summed E-state index contributed by atoms with van der Waals surface area (Å²) >= 11 is 5.82. The second kappa shape index (κ2) is 8.20. The van der Waals surface area contributed by atoms with Crippen molar-refractivity contribution in [2.24, 2.45) is 0 Å². The number of hydrogen-bond donors (Lipinski definition) is 1. The highest BCUT2D eigenvalue weighted by atomic mass is 32.1. The minimum atomic E-state index is -0.0295. The summed E-state index contributed by atoms with van der Waals surface area (Å²) in [6, 6.07) is 18.9. The van der Waals surface area contributed by atoms with Crippen molar-refractivity contribution in [3.8, 4) is 0 Å². The number of aryl methyl sites for hydroxylation is 1. The van der Waals surface area contributed by atoms with E-state index in [1.165, 1.54) is 11.3 Å². The van der Waals surface area contributed by atoms with E-state index in [1.807, 2.05) is 18.3 Å². The topological polar surface area (TPSA) is 42.3 Å². The van der Waals surface area contributed by atoms with Gasteiger partial charge in [0.1, 0.15) is 6.04 Å². The predicted molar refractivity (Wildman–Crippen MR) is 123 cm³/mol. The molecule has 0 amide bonds. The summed E-state index contributed by atoms with van der Waals surface area (Å²) in [5.41, 5.74) is 4.53. The van der Waals surface area contributed by atoms with Crippen LogP contribution < -0.4 is 10.2 Å². The van der Waals surface area contributed by atoms with Crippen molar-refractivity contribution in [3.63, 3.8) is 0 Å². The lowest BCUT2D eigenvalue weighted by atomic mass is 10.0. The fraction of sp³-hybridized carbons (Fsp3) is 0.333. The third-order valence-corrected chi connectivity index (χ3v) is 6.32. The van der Waals surface area contributed by atoms with E-state index in [0.717, 1.165) is 42.5 Å². The summed E-state index contributed by atoms with van der Waals surface area (Å²) in [6.07, 6.45) is 6.53. The van der Waals surface area contributed by atoms with Crippen molar-refractivity contribution in [3.05, 3.63) is 83.9 Å². The molecule has 4 heterocycles. The van der Waals surface area contributed by atoms with Crippen molar-refractivity contribution in [1.29, 1.82) is 0 Å². The monoisotopic (exact) mass is 418 g/mol. The molecule has 2 aromatic heterocycles. The standard InChI is InChI=1S/C24H26N4OS/c1-17-9-11-18(12-10-17)28-23(22(26-24(28)30)20-7-2-3-13-25-20)21-8-4-14-27(21)16-19-6-5-15-29-19/h2-4,7-14,19,22-23H,5-6,15-16H2,1H3,(H,26,30). The van der Waals surface area contributed by atoms with Crippen LogP contribution >= 0.6 is 12.2 Å². The molecule has 3 aromatic rings. The molecule has 3 atom stereocenters. The highest BCUT2D eigenvalue weighted by Gasteiger charge is 2.42. The van der Waals surface area contributed by atoms with Gasteiger partial charge in [-0.25, -0.2) is 0 Å². The van der Waals surface area contributed by atoms with Crippen molar-refractivity contribution in [1.82, 2.24) is 14.9 Å². The summed E-state index contributed by atoms with van der Waals surface area (Å²) in [5, 5.41) is 4.27. The van der Waals surface area contributed by atoms with Gasteiger partial charge in [0.2, 0.25) is 0 Å². The molecule has 0 bridgehead atoms. The van der Waals surface area contributed by atoms with Gasteiger partial charge in [-0.2, -0.15) is 0 Å². The van der Waals surface area contributed by atoms with Crippen LogP contribution in [0.1, 0.15) is 41.9 Å². The van der Waals surface area contributed by atoms with Crippen LogP contribution in [-0.2, 0) is 11.3 Å². The molecule has 3 unspecified atom stereocenters. The minimum Gasteiger partial charge on any atom is -0.376 e. The zero-order chi connectivity index (χ0) is 20.5. The maximum atomic E-state index is 5.91. The molecule has 5 nitrogen and oxygen atoms in total. The highest BCUT2D eigenvalue weighted by Crippen LogP contribution is 2.41. The predicted octanol–water partition coefficient (Wildman–Crippen LogP) is 4.55. The quantitative estimate of drug-likeness (QED) is 0.616. The molecule has 1 aromatic carbocycles. The molecular formula is C24H26N4OS. The molecule has 0 aliphatic carbocycles. The van der Waals surface area contributed by atoms with E-state index in [2.05, 4.69) is 75.4 Å². The highest BCUT2D eigenvalue weighted by molar-refractivity contribution is 7.80. The first-order chi connectivity index (χ1) is 14.7. The Balaban J connectivity index is 1.57. The minimum absolute atomic E-state index is 0.00603. The Morgan fingerprint density at radius 2 is 2.00 bits per heavy atom. The first-order valence-electron chi connectivity index (χ1n) is 10.5. The maximum Gasteiger partial charge on any atom is 0.174 e. The maximum absolute atomic E-state index is 5.91. The number of aromatic nitrogens is 2. The summed E-state index contributed by atoms with van der Waals surface area (Å²) in [7, 11) is 0. The first-order valence-corrected chi connectivity index (χ1v) is 11.0. The number of benzene rings is 1. The number of anilines is 1. The van der Waals surface area contributed by atoms with Crippen LogP contribution in [0.25, 0.3) is 0 Å². The van der Waals surface area contributed by atoms with E-state index in [-0.39, 0.29) is 18.2 Å². The smallest absolute Gasteiger partial charge is 0.174 e. The lowest BCUT2D eigenvalue weighted by molar-refractivity contribution is 0.0961. The number of nitrogens with one attached hydrogen (secondary N) is 1. The summed E-state index contributed by atoms with van der Waals surface area (Å²) in [4.78, 5) is 6.88. The molecule has 1 N–H and O–H groups in total. The average molecular weight is 419 g/mol. The van der Waals surface area contributed by atoms with E-state index < -0.39 is 0 Å². The molecule has 6 heteroatoms. The van der Waals surface area contributed by atoms with Gasteiger partial charge in [0, 0.05) is 36.9 Å². The van der Waals surface area contributed by atoms with Gasteiger partial charge >= 0.3 is 0 Å². The fourth-order valence-electron chi connectivity index (χ4n) is 4.51. The van der Waals surface area contributed by atoms with Gasteiger partial charge in [0.25, 0.3) is 0 Å². The van der Waals surface area contributed by atoms with Gasteiger partial charge in [-0.1, -0.05) is 23.8 Å². The van der Waals surface area contributed by atoms with E-state index in [1.54, 1.807) is 0 Å². The molecule has 2 aliphatic heterocycles. The number of ether oxygens (including phenoxy) is 1. The zero-order valence-electron chi connectivity index (χ0n) is 17.1. The van der Waals surface area contributed by atoms with E-state index >= 15 is 0 Å². The van der Waals surface area contributed by atoms with Crippen molar-refractivity contribution < 1.29 is 4.74 Å². The molecule has 0 spiro atoms. The van der Waals surface area contributed by atoms with Gasteiger partial charge in [-0.3, -0.25) is 4.98 Å². The Labute approximate surface area is 182 Å². The third-order valence-electron chi connectivity index (χ3n) is 6.00. The van der Waals surface area contributed by atoms with Crippen LogP contribution in [0.4, 0.5) is 5.69 Å². The molecule has 30 heavy (non-hydrogen) atoms. The fourth-order valence-corrected chi connectivity index (χ4v) is 4.85. The van der Waals surface area contributed by atoms with Crippen molar-refractivity contribution in [2.45, 2.75) is 44.5 Å². The zero-order valence-corrected chi connectivity index (χ0v) is 17.9. The SMILES string of the molecule is Cc1ccc(N2C(=S)NC(c3ccccn3)C2c2cccn2CC2CCCO2)cc1. The van der Waals surface area contributed by atoms with Gasteiger partial charge in [0.05, 0.1) is 17.8 Å². The summed E-state index contributed by atoms with van der Waals surface area (Å²) < 4.78 is 8.24. The van der Waals surface area contributed by atoms with Crippen LogP contribution in [0.5, 0.6) is 0 Å². The van der Waals surface area contributed by atoms with Crippen LogP contribution in [-0.4, -0.2) is 27.4 Å². The van der Waals surface area contributed by atoms with Gasteiger partial charge in [-0.15, -0.1) is 0 Å². The van der Waals surface area contributed by atoms with Crippen LogP contribution in [0.2, 0.25) is 0 Å². The summed E-state index contributed by atoms with van der Waals surface area (Å²) in [6.45, 7) is 3.83. The number of rotatable bonds is 5. The van der Waals surface area contributed by atoms with Crippen LogP contribution in [0.3, 0.4) is 0 Å². The first kappa shape index (κ1) is 19.3. The number of pyridine rings is 1. The lowest BCUT2D eigenvalue weighted by Gasteiger charge is -2.29. The average Bonchev–Trinajstić information content (AvgIpc) is 3.50. The second-order valence-electron chi connectivity index (χ2n) is 8.05. The van der Waals surface area contributed by atoms with E-state index in [0.29, 0.717) is 0 Å². The molecular weight excluding hydrogens is 392 g/mol. The van der Waals surface area contributed by atoms with Gasteiger partial charge in [0.15, 0.2) is 5.11 Å². The molecule has 2 aliphatic rings. The number of thiocarbonyl (C=S) groups is 1. The third kappa shape index (κ3) is 3.61. The Hall–Kier alpha value is -2.70. The second-order valence-corrected chi connectivity index (χ2v) is 8.44. The molecule has 0 saturated carbocycles. The normalized spacial score (nSPS) is 23.7. The Kier molecular flexibility index (Phi) is 5.27. The van der Waals surface area contributed by atoms with Crippen LogP contribution in [0.15, 0.2) is 67.0 Å².